The van der Waals surface area contributed by atoms with Crippen LogP contribution in [0.2, 0.25) is 0 Å². The molecule has 0 aromatic heterocycles. The van der Waals surface area contributed by atoms with E-state index in [4.69, 9.17) is 9.31 Å². The molecule has 1 aromatic rings. The van der Waals surface area contributed by atoms with Gasteiger partial charge in [-0.2, -0.15) is 0 Å². The third kappa shape index (κ3) is 3.49. The van der Waals surface area contributed by atoms with Crippen LogP contribution in [0.1, 0.15) is 45.2 Å². The van der Waals surface area contributed by atoms with Gasteiger partial charge in [-0.25, -0.2) is 17.6 Å². The molecular formula is C15H16BBrF4O2. The zero-order valence-electron chi connectivity index (χ0n) is 13.1. The highest BCUT2D eigenvalue weighted by atomic mass is 79.9. The number of alkyl halides is 2. The maximum Gasteiger partial charge on any atom is 0.525 e. The Morgan fingerprint density at radius 3 is 2.17 bits per heavy atom. The van der Waals surface area contributed by atoms with E-state index in [9.17, 15) is 17.6 Å². The molecule has 1 aromatic carbocycles. The second-order valence-electron chi connectivity index (χ2n) is 6.28. The van der Waals surface area contributed by atoms with Gasteiger partial charge in [-0.15, -0.1) is 0 Å². The molecule has 1 heterocycles. The van der Waals surface area contributed by atoms with Crippen molar-refractivity contribution >= 4 is 29.1 Å². The maximum atomic E-state index is 14.4. The normalized spacial score (nSPS) is 20.4. The molecule has 0 aliphatic carbocycles. The molecule has 0 atom stereocenters. The predicted molar refractivity (Wildman–Crippen MR) is 84.2 cm³/mol. The number of halogens is 5. The highest BCUT2D eigenvalue weighted by Gasteiger charge is 2.53. The fourth-order valence-electron chi connectivity index (χ4n) is 2.05. The molecule has 2 rings (SSSR count). The molecule has 0 amide bonds. The summed E-state index contributed by atoms with van der Waals surface area (Å²) in [7, 11) is -1.32. The first-order chi connectivity index (χ1) is 10.5. The summed E-state index contributed by atoms with van der Waals surface area (Å²) >= 11 is 2.90. The van der Waals surface area contributed by atoms with Crippen LogP contribution in [0.25, 0.3) is 6.08 Å². The summed E-state index contributed by atoms with van der Waals surface area (Å²) in [5, 5.41) is 0. The Kier molecular flexibility index (Phi) is 5.00. The van der Waals surface area contributed by atoms with Crippen molar-refractivity contribution in [3.63, 3.8) is 0 Å². The van der Waals surface area contributed by atoms with Gasteiger partial charge in [-0.3, -0.25) is 0 Å². The molecule has 8 heteroatoms. The molecule has 0 N–H and O–H groups in total. The standard InChI is InChI=1S/C15H16BBrF4O2/c1-14(2)15(3,4)23-16(22-14)11(19)7-9-10(18)6-5-8(12(9)17)13(20)21/h5-7,13H,1-4H3. The van der Waals surface area contributed by atoms with E-state index in [1.807, 2.05) is 0 Å². The lowest BCUT2D eigenvalue weighted by Gasteiger charge is -2.32. The molecule has 1 aliphatic heterocycles. The molecule has 1 saturated heterocycles. The Hall–Kier alpha value is -0.855. The molecule has 0 bridgehead atoms. The van der Waals surface area contributed by atoms with Crippen LogP contribution in [-0.4, -0.2) is 18.3 Å². The van der Waals surface area contributed by atoms with Crippen LogP contribution < -0.4 is 0 Å². The Labute approximate surface area is 141 Å². The van der Waals surface area contributed by atoms with E-state index in [-0.39, 0.29) is 10.0 Å². The molecule has 0 radical (unpaired) electrons. The Morgan fingerprint density at radius 2 is 1.70 bits per heavy atom. The van der Waals surface area contributed by atoms with E-state index < -0.39 is 41.9 Å². The van der Waals surface area contributed by atoms with Gasteiger partial charge in [0.05, 0.1) is 11.2 Å². The first-order valence-corrected chi connectivity index (χ1v) is 7.74. The van der Waals surface area contributed by atoms with Crippen LogP contribution in [0.4, 0.5) is 17.6 Å². The second kappa shape index (κ2) is 6.22. The van der Waals surface area contributed by atoms with Crippen LogP contribution >= 0.6 is 15.9 Å². The molecule has 126 valence electrons. The van der Waals surface area contributed by atoms with Gasteiger partial charge in [0.2, 0.25) is 0 Å². The van der Waals surface area contributed by atoms with E-state index in [2.05, 4.69) is 15.9 Å². The summed E-state index contributed by atoms with van der Waals surface area (Å²) in [6, 6.07) is 1.82. The van der Waals surface area contributed by atoms with Gasteiger partial charge in [0.25, 0.3) is 6.43 Å². The lowest BCUT2D eigenvalue weighted by atomic mass is 9.86. The van der Waals surface area contributed by atoms with Crippen molar-refractivity contribution < 1.29 is 26.9 Å². The molecule has 0 saturated carbocycles. The first kappa shape index (κ1) is 18.5. The average Bonchev–Trinajstić information content (AvgIpc) is 2.62. The van der Waals surface area contributed by atoms with Crippen molar-refractivity contribution in [3.8, 4) is 0 Å². The minimum Gasteiger partial charge on any atom is -0.398 e. The van der Waals surface area contributed by atoms with Crippen LogP contribution in [0, 0.1) is 5.82 Å². The van der Waals surface area contributed by atoms with Crippen LogP contribution in [0.3, 0.4) is 0 Å². The molecule has 2 nitrogen and oxygen atoms in total. The third-order valence-corrected chi connectivity index (χ3v) is 5.04. The SMILES string of the molecule is CC1(C)OB(C(F)=Cc2c(F)ccc(C(F)F)c2Br)OC1(C)C. The van der Waals surface area contributed by atoms with Crippen molar-refractivity contribution in [1.82, 2.24) is 0 Å². The fraction of sp³-hybridized carbons (Fsp3) is 0.467. The molecule has 23 heavy (non-hydrogen) atoms. The summed E-state index contributed by atoms with van der Waals surface area (Å²) in [4.78, 5) is 0. The summed E-state index contributed by atoms with van der Waals surface area (Å²) in [6.07, 6.45) is -2.00. The highest BCUT2D eigenvalue weighted by molar-refractivity contribution is 9.10. The lowest BCUT2D eigenvalue weighted by Crippen LogP contribution is -2.41. The Balaban J connectivity index is 2.38. The van der Waals surface area contributed by atoms with Crippen LogP contribution in [0.5, 0.6) is 0 Å². The van der Waals surface area contributed by atoms with Crippen LogP contribution in [-0.2, 0) is 9.31 Å². The van der Waals surface area contributed by atoms with Crippen molar-refractivity contribution in [1.29, 1.82) is 0 Å². The third-order valence-electron chi connectivity index (χ3n) is 4.15. The minimum absolute atomic E-state index is 0.195. The van der Waals surface area contributed by atoms with Crippen LogP contribution in [0.15, 0.2) is 22.3 Å². The maximum absolute atomic E-state index is 14.4. The number of rotatable bonds is 3. The average molecular weight is 395 g/mol. The van der Waals surface area contributed by atoms with E-state index in [1.54, 1.807) is 27.7 Å². The monoisotopic (exact) mass is 394 g/mol. The molecule has 0 spiro atoms. The van der Waals surface area contributed by atoms with E-state index >= 15 is 0 Å². The van der Waals surface area contributed by atoms with Crippen molar-refractivity contribution in [2.75, 3.05) is 0 Å². The topological polar surface area (TPSA) is 18.5 Å². The van der Waals surface area contributed by atoms with Gasteiger partial charge in [-0.05, 0) is 61.8 Å². The van der Waals surface area contributed by atoms with Crippen molar-refractivity contribution in [2.45, 2.75) is 45.3 Å². The van der Waals surface area contributed by atoms with Gasteiger partial charge in [0.1, 0.15) is 11.5 Å². The van der Waals surface area contributed by atoms with Crippen molar-refractivity contribution in [3.05, 3.63) is 39.3 Å². The van der Waals surface area contributed by atoms with E-state index in [0.717, 1.165) is 18.2 Å². The van der Waals surface area contributed by atoms with Gasteiger partial charge in [0, 0.05) is 15.6 Å². The first-order valence-electron chi connectivity index (χ1n) is 6.95. The largest absolute Gasteiger partial charge is 0.525 e. The second-order valence-corrected chi connectivity index (χ2v) is 7.08. The van der Waals surface area contributed by atoms with E-state index in [1.165, 1.54) is 0 Å². The highest BCUT2D eigenvalue weighted by Crippen LogP contribution is 2.40. The number of hydrogen-bond acceptors (Lipinski definition) is 2. The van der Waals surface area contributed by atoms with Gasteiger partial charge in [0.15, 0.2) is 0 Å². The molecular weight excluding hydrogens is 379 g/mol. The quantitative estimate of drug-likeness (QED) is 0.500. The summed E-state index contributed by atoms with van der Waals surface area (Å²) in [5.74, 6) is -0.826. The Morgan fingerprint density at radius 1 is 1.17 bits per heavy atom. The molecule has 1 aliphatic rings. The summed E-state index contributed by atoms with van der Waals surface area (Å²) < 4.78 is 64.8. The number of hydrogen-bond donors (Lipinski definition) is 0. The van der Waals surface area contributed by atoms with Gasteiger partial charge < -0.3 is 9.31 Å². The molecule has 0 unspecified atom stereocenters. The van der Waals surface area contributed by atoms with Crippen molar-refractivity contribution in [2.24, 2.45) is 0 Å². The zero-order valence-corrected chi connectivity index (χ0v) is 14.7. The zero-order chi connectivity index (χ0) is 17.6. The summed E-state index contributed by atoms with van der Waals surface area (Å²) in [6.45, 7) is 6.98. The molecule has 1 fully saturated rings. The Bertz CT molecular complexity index is 631. The van der Waals surface area contributed by atoms with Gasteiger partial charge in [-0.1, -0.05) is 0 Å². The summed E-state index contributed by atoms with van der Waals surface area (Å²) in [5.41, 5.74) is -3.14. The predicted octanol–water partition coefficient (Wildman–Crippen LogP) is 5.47. The fourth-order valence-corrected chi connectivity index (χ4v) is 2.66. The van der Waals surface area contributed by atoms with E-state index in [0.29, 0.717) is 0 Å². The smallest absolute Gasteiger partial charge is 0.398 e. The van der Waals surface area contributed by atoms with Gasteiger partial charge >= 0.3 is 7.12 Å². The number of benzene rings is 1. The lowest BCUT2D eigenvalue weighted by molar-refractivity contribution is 0.00578. The minimum atomic E-state index is -2.81.